The maximum Gasteiger partial charge on any atom is 0.256 e. The molecule has 0 radical (unpaired) electrons. The monoisotopic (exact) mass is 296 g/mol. The topological polar surface area (TPSA) is 87.5 Å². The first-order valence-corrected chi connectivity index (χ1v) is 6.81. The fraction of sp³-hybridized carbons (Fsp3) is 0.385. The van der Waals surface area contributed by atoms with Crippen LogP contribution in [0.2, 0.25) is 5.02 Å². The molecule has 20 heavy (non-hydrogen) atoms. The molecule has 108 valence electrons. The number of nitrogens with two attached hydrogens (primary N) is 1. The molecule has 1 unspecified atom stereocenters. The Hall–Kier alpha value is -1.79. The Balaban J connectivity index is 2.34. The number of hydrogen-bond donors (Lipinski definition) is 3. The highest BCUT2D eigenvalue weighted by molar-refractivity contribution is 6.31. The van der Waals surface area contributed by atoms with E-state index in [4.69, 9.17) is 17.4 Å². The van der Waals surface area contributed by atoms with Crippen molar-refractivity contribution in [3.05, 3.63) is 28.8 Å². The predicted octanol–water partition coefficient (Wildman–Crippen LogP) is 0.976. The molecular weight excluding hydrogens is 280 g/mol. The number of rotatable bonds is 3. The largest absolute Gasteiger partial charge is 0.353 e. The smallest absolute Gasteiger partial charge is 0.256 e. The summed E-state index contributed by atoms with van der Waals surface area (Å²) in [6, 6.07) is 4.38. The molecule has 0 aromatic heterocycles. The van der Waals surface area contributed by atoms with E-state index in [9.17, 15) is 9.59 Å². The molecule has 0 bridgehead atoms. The van der Waals surface area contributed by atoms with Gasteiger partial charge in [0.2, 0.25) is 5.91 Å². The molecule has 1 atom stereocenters. The first kappa shape index (κ1) is 14.6. The minimum absolute atomic E-state index is 0.128. The van der Waals surface area contributed by atoms with Crippen molar-refractivity contribution in [2.75, 3.05) is 18.5 Å². The van der Waals surface area contributed by atoms with E-state index in [1.54, 1.807) is 23.1 Å². The van der Waals surface area contributed by atoms with Crippen LogP contribution in [-0.2, 0) is 4.79 Å². The summed E-state index contributed by atoms with van der Waals surface area (Å²) >= 11 is 5.94. The van der Waals surface area contributed by atoms with Crippen LogP contribution in [-0.4, -0.2) is 35.8 Å². The number of halogens is 1. The Morgan fingerprint density at radius 2 is 2.35 bits per heavy atom. The summed E-state index contributed by atoms with van der Waals surface area (Å²) in [5, 5.41) is 3.21. The second-order valence-corrected chi connectivity index (χ2v) is 4.98. The van der Waals surface area contributed by atoms with Crippen molar-refractivity contribution in [2.24, 2.45) is 5.84 Å². The van der Waals surface area contributed by atoms with Crippen LogP contribution in [0, 0.1) is 0 Å². The fourth-order valence-electron chi connectivity index (χ4n) is 2.34. The van der Waals surface area contributed by atoms with Crippen molar-refractivity contribution < 1.29 is 9.59 Å². The SMILES string of the molecule is CCC1C(=O)NCCN1C(=O)c1cc(Cl)ccc1NN. The van der Waals surface area contributed by atoms with E-state index in [0.29, 0.717) is 35.8 Å². The van der Waals surface area contributed by atoms with Gasteiger partial charge < -0.3 is 15.6 Å². The number of hydrogen-bond acceptors (Lipinski definition) is 4. The minimum atomic E-state index is -0.458. The summed E-state index contributed by atoms with van der Waals surface area (Å²) in [6.07, 6.45) is 0.559. The van der Waals surface area contributed by atoms with E-state index in [1.807, 2.05) is 6.92 Å². The number of benzene rings is 1. The lowest BCUT2D eigenvalue weighted by molar-refractivity contribution is -0.127. The van der Waals surface area contributed by atoms with Crippen LogP contribution in [0.25, 0.3) is 0 Å². The van der Waals surface area contributed by atoms with E-state index in [2.05, 4.69) is 10.7 Å². The maximum atomic E-state index is 12.6. The van der Waals surface area contributed by atoms with E-state index in [1.165, 1.54) is 0 Å². The quantitative estimate of drug-likeness (QED) is 0.573. The van der Waals surface area contributed by atoms with Crippen molar-refractivity contribution in [1.29, 1.82) is 0 Å². The van der Waals surface area contributed by atoms with Gasteiger partial charge in [-0.15, -0.1) is 0 Å². The van der Waals surface area contributed by atoms with E-state index < -0.39 is 6.04 Å². The molecule has 4 N–H and O–H groups in total. The maximum absolute atomic E-state index is 12.6. The number of piperazine rings is 1. The van der Waals surface area contributed by atoms with Crippen molar-refractivity contribution in [3.63, 3.8) is 0 Å². The van der Waals surface area contributed by atoms with Gasteiger partial charge in [0.25, 0.3) is 5.91 Å². The highest BCUT2D eigenvalue weighted by Gasteiger charge is 2.32. The summed E-state index contributed by atoms with van der Waals surface area (Å²) in [4.78, 5) is 26.0. The number of nitrogens with one attached hydrogen (secondary N) is 2. The van der Waals surface area contributed by atoms with Gasteiger partial charge in [-0.3, -0.25) is 15.4 Å². The van der Waals surface area contributed by atoms with Gasteiger partial charge in [0, 0.05) is 18.1 Å². The molecule has 1 aromatic carbocycles. The molecule has 2 amide bonds. The summed E-state index contributed by atoms with van der Waals surface area (Å²) in [5.74, 6) is 5.04. The first-order valence-electron chi connectivity index (χ1n) is 6.43. The van der Waals surface area contributed by atoms with Crippen LogP contribution < -0.4 is 16.6 Å². The van der Waals surface area contributed by atoms with Gasteiger partial charge in [-0.1, -0.05) is 18.5 Å². The number of nitrogen functional groups attached to an aromatic ring is 1. The van der Waals surface area contributed by atoms with Gasteiger partial charge >= 0.3 is 0 Å². The Morgan fingerprint density at radius 3 is 3.00 bits per heavy atom. The number of hydrazine groups is 1. The third-order valence-corrected chi connectivity index (χ3v) is 3.58. The second-order valence-electron chi connectivity index (χ2n) is 4.55. The number of carbonyl (C=O) groups excluding carboxylic acids is 2. The van der Waals surface area contributed by atoms with Crippen molar-refractivity contribution in [1.82, 2.24) is 10.2 Å². The summed E-state index contributed by atoms with van der Waals surface area (Å²) in [6.45, 7) is 2.79. The van der Waals surface area contributed by atoms with Gasteiger partial charge in [-0.05, 0) is 24.6 Å². The summed E-state index contributed by atoms with van der Waals surface area (Å²) < 4.78 is 0. The van der Waals surface area contributed by atoms with Crippen molar-refractivity contribution >= 4 is 29.1 Å². The van der Waals surface area contributed by atoms with Gasteiger partial charge in [-0.25, -0.2) is 0 Å². The number of carbonyl (C=O) groups is 2. The van der Waals surface area contributed by atoms with E-state index in [0.717, 1.165) is 0 Å². The third kappa shape index (κ3) is 2.71. The predicted molar refractivity (Wildman–Crippen MR) is 77.4 cm³/mol. The van der Waals surface area contributed by atoms with Gasteiger partial charge in [-0.2, -0.15) is 0 Å². The Labute approximate surface area is 122 Å². The zero-order valence-electron chi connectivity index (χ0n) is 11.1. The summed E-state index contributed by atoms with van der Waals surface area (Å²) in [5.41, 5.74) is 3.34. The molecule has 1 aliphatic heterocycles. The minimum Gasteiger partial charge on any atom is -0.353 e. The molecule has 1 aliphatic rings. The molecule has 2 rings (SSSR count). The van der Waals surface area contributed by atoms with Crippen LogP contribution in [0.15, 0.2) is 18.2 Å². The average molecular weight is 297 g/mol. The molecule has 0 aliphatic carbocycles. The Bertz CT molecular complexity index is 535. The zero-order chi connectivity index (χ0) is 14.7. The molecule has 1 saturated heterocycles. The van der Waals surface area contributed by atoms with E-state index in [-0.39, 0.29) is 11.8 Å². The van der Waals surface area contributed by atoms with Crippen LogP contribution in [0.4, 0.5) is 5.69 Å². The molecular formula is C13H17ClN4O2. The van der Waals surface area contributed by atoms with E-state index >= 15 is 0 Å². The lowest BCUT2D eigenvalue weighted by Crippen LogP contribution is -2.57. The first-order chi connectivity index (χ1) is 9.58. The van der Waals surface area contributed by atoms with Gasteiger partial charge in [0.1, 0.15) is 6.04 Å². The second kappa shape index (κ2) is 6.11. The number of amides is 2. The van der Waals surface area contributed by atoms with Crippen molar-refractivity contribution in [3.8, 4) is 0 Å². The standard InChI is InChI=1S/C13H17ClN4O2/c1-2-11-12(19)16-5-6-18(11)13(20)9-7-8(14)3-4-10(9)17-15/h3-4,7,11,17H,2,5-6,15H2,1H3,(H,16,19). The Morgan fingerprint density at radius 1 is 1.60 bits per heavy atom. The molecule has 6 nitrogen and oxygen atoms in total. The number of nitrogens with zero attached hydrogens (tertiary/aromatic N) is 1. The molecule has 1 heterocycles. The summed E-state index contributed by atoms with van der Waals surface area (Å²) in [7, 11) is 0. The molecule has 1 fully saturated rings. The van der Waals surface area contributed by atoms with Crippen LogP contribution in [0.3, 0.4) is 0 Å². The zero-order valence-corrected chi connectivity index (χ0v) is 11.9. The van der Waals surface area contributed by atoms with Crippen molar-refractivity contribution in [2.45, 2.75) is 19.4 Å². The Kier molecular flexibility index (Phi) is 4.46. The third-order valence-electron chi connectivity index (χ3n) is 3.35. The number of anilines is 1. The van der Waals surface area contributed by atoms with Crippen LogP contribution in [0.1, 0.15) is 23.7 Å². The fourth-order valence-corrected chi connectivity index (χ4v) is 2.51. The molecule has 0 spiro atoms. The lowest BCUT2D eigenvalue weighted by Gasteiger charge is -2.34. The van der Waals surface area contributed by atoms with Gasteiger partial charge in [0.05, 0.1) is 11.3 Å². The molecule has 0 saturated carbocycles. The average Bonchev–Trinajstić information content (AvgIpc) is 2.46. The van der Waals surface area contributed by atoms with Crippen LogP contribution >= 0.6 is 11.6 Å². The molecule has 7 heteroatoms. The molecule has 1 aromatic rings. The van der Waals surface area contributed by atoms with Crippen LogP contribution in [0.5, 0.6) is 0 Å². The van der Waals surface area contributed by atoms with Gasteiger partial charge in [0.15, 0.2) is 0 Å². The highest BCUT2D eigenvalue weighted by Crippen LogP contribution is 2.23. The normalized spacial score (nSPS) is 18.6. The highest BCUT2D eigenvalue weighted by atomic mass is 35.5. The lowest BCUT2D eigenvalue weighted by atomic mass is 10.1.